The quantitative estimate of drug-likeness (QED) is 0.894. The van der Waals surface area contributed by atoms with E-state index in [4.69, 9.17) is 5.73 Å². The molecule has 0 atom stereocenters. The van der Waals surface area contributed by atoms with Crippen LogP contribution in [0, 0.1) is 6.92 Å². The predicted molar refractivity (Wildman–Crippen MR) is 77.3 cm³/mol. The van der Waals surface area contributed by atoms with Crippen molar-refractivity contribution in [2.75, 3.05) is 0 Å². The van der Waals surface area contributed by atoms with Crippen molar-refractivity contribution in [3.8, 4) is 5.69 Å². The lowest BCUT2D eigenvalue weighted by atomic mass is 9.77. The number of rotatable bonds is 2. The van der Waals surface area contributed by atoms with E-state index >= 15 is 0 Å². The Morgan fingerprint density at radius 1 is 1.16 bits per heavy atom. The predicted octanol–water partition coefficient (Wildman–Crippen LogP) is 3.30. The van der Waals surface area contributed by atoms with Gasteiger partial charge in [0.25, 0.3) is 0 Å². The molecule has 1 heterocycles. The smallest absolute Gasteiger partial charge is 0.0696 e. The van der Waals surface area contributed by atoms with Crippen molar-refractivity contribution in [3.63, 3.8) is 0 Å². The Kier molecular flexibility index (Phi) is 3.15. The van der Waals surface area contributed by atoms with E-state index in [0.717, 1.165) is 18.5 Å². The van der Waals surface area contributed by atoms with Crippen molar-refractivity contribution < 1.29 is 0 Å². The van der Waals surface area contributed by atoms with Crippen LogP contribution >= 0.6 is 0 Å². The number of aromatic nitrogens is 2. The van der Waals surface area contributed by atoms with Crippen molar-refractivity contribution in [1.29, 1.82) is 0 Å². The summed E-state index contributed by atoms with van der Waals surface area (Å²) in [5.41, 5.74) is 10.0. The average Bonchev–Trinajstić information content (AvgIpc) is 2.86. The van der Waals surface area contributed by atoms with E-state index in [1.807, 2.05) is 10.9 Å². The maximum Gasteiger partial charge on any atom is 0.0696 e. The van der Waals surface area contributed by atoms with Gasteiger partial charge in [0.15, 0.2) is 0 Å². The molecule has 1 aliphatic rings. The Hall–Kier alpha value is -1.61. The Balaban J connectivity index is 2.06. The third-order valence-electron chi connectivity index (χ3n) is 4.14. The number of nitrogens with two attached hydrogens (primary N) is 1. The zero-order chi connectivity index (χ0) is 13.3. The summed E-state index contributed by atoms with van der Waals surface area (Å²) < 4.78 is 1.95. The molecule has 2 aromatic rings. The summed E-state index contributed by atoms with van der Waals surface area (Å²) in [4.78, 5) is 0. The van der Waals surface area contributed by atoms with E-state index in [2.05, 4.69) is 42.5 Å². The zero-order valence-corrected chi connectivity index (χ0v) is 11.5. The van der Waals surface area contributed by atoms with E-state index in [0.29, 0.717) is 0 Å². The summed E-state index contributed by atoms with van der Waals surface area (Å²) in [6.07, 6.45) is 9.86. The van der Waals surface area contributed by atoms with Crippen LogP contribution in [0.15, 0.2) is 36.7 Å². The molecule has 2 N–H and O–H groups in total. The molecule has 3 nitrogen and oxygen atoms in total. The van der Waals surface area contributed by atoms with E-state index in [-0.39, 0.29) is 5.54 Å². The molecule has 0 amide bonds. The minimum Gasteiger partial charge on any atom is -0.321 e. The summed E-state index contributed by atoms with van der Waals surface area (Å²) in [6.45, 7) is 2.06. The fourth-order valence-electron chi connectivity index (χ4n) is 3.09. The third kappa shape index (κ3) is 2.30. The molecule has 1 fully saturated rings. The fraction of sp³-hybridized carbons (Fsp3) is 0.438. The minimum atomic E-state index is -0.186. The maximum absolute atomic E-state index is 6.68. The molecule has 3 heteroatoms. The van der Waals surface area contributed by atoms with E-state index in [1.165, 1.54) is 30.4 Å². The molecule has 0 aliphatic heterocycles. The molecule has 100 valence electrons. The summed E-state index contributed by atoms with van der Waals surface area (Å²) >= 11 is 0. The van der Waals surface area contributed by atoms with Crippen molar-refractivity contribution in [2.24, 2.45) is 5.73 Å². The zero-order valence-electron chi connectivity index (χ0n) is 11.5. The van der Waals surface area contributed by atoms with Crippen LogP contribution in [0.3, 0.4) is 0 Å². The lowest BCUT2D eigenvalue weighted by molar-refractivity contribution is 0.301. The standard InChI is InChI=1S/C16H21N3/c1-13-11-18-19(12-13)15-8-4-3-7-14(15)16(17)9-5-2-6-10-16/h3-4,7-8,11-12H,2,5-6,9-10,17H2,1H3. The van der Waals surface area contributed by atoms with E-state index < -0.39 is 0 Å². The first-order chi connectivity index (χ1) is 9.19. The highest BCUT2D eigenvalue weighted by atomic mass is 15.3. The minimum absolute atomic E-state index is 0.186. The lowest BCUT2D eigenvalue weighted by Crippen LogP contribution is -2.39. The molecule has 1 aliphatic carbocycles. The van der Waals surface area contributed by atoms with Gasteiger partial charge in [-0.3, -0.25) is 0 Å². The molecule has 1 aromatic carbocycles. The van der Waals surface area contributed by atoms with Gasteiger partial charge in [-0.2, -0.15) is 5.10 Å². The highest BCUT2D eigenvalue weighted by molar-refractivity contribution is 5.45. The maximum atomic E-state index is 6.68. The van der Waals surface area contributed by atoms with Crippen LogP contribution in [0.5, 0.6) is 0 Å². The fourth-order valence-corrected chi connectivity index (χ4v) is 3.09. The Morgan fingerprint density at radius 2 is 1.89 bits per heavy atom. The summed E-state index contributed by atoms with van der Waals surface area (Å²) in [6, 6.07) is 8.42. The highest BCUT2D eigenvalue weighted by Crippen LogP contribution is 2.37. The van der Waals surface area contributed by atoms with Gasteiger partial charge < -0.3 is 5.73 Å². The molecular formula is C16H21N3. The van der Waals surface area contributed by atoms with Crippen LogP contribution in [0.2, 0.25) is 0 Å². The molecular weight excluding hydrogens is 234 g/mol. The van der Waals surface area contributed by atoms with Gasteiger partial charge in [-0.25, -0.2) is 4.68 Å². The van der Waals surface area contributed by atoms with Gasteiger partial charge >= 0.3 is 0 Å². The molecule has 1 aromatic heterocycles. The van der Waals surface area contributed by atoms with Crippen LogP contribution in [0.1, 0.15) is 43.2 Å². The molecule has 0 unspecified atom stereocenters. The second-order valence-electron chi connectivity index (χ2n) is 5.70. The van der Waals surface area contributed by atoms with Gasteiger partial charge in [0.05, 0.1) is 11.9 Å². The third-order valence-corrected chi connectivity index (χ3v) is 4.14. The monoisotopic (exact) mass is 255 g/mol. The van der Waals surface area contributed by atoms with Crippen LogP contribution < -0.4 is 5.73 Å². The number of aryl methyl sites for hydroxylation is 1. The molecule has 19 heavy (non-hydrogen) atoms. The van der Waals surface area contributed by atoms with Gasteiger partial charge in [-0.15, -0.1) is 0 Å². The first-order valence-electron chi connectivity index (χ1n) is 7.09. The first kappa shape index (κ1) is 12.4. The van der Waals surface area contributed by atoms with Crippen molar-refractivity contribution in [1.82, 2.24) is 9.78 Å². The SMILES string of the molecule is Cc1cnn(-c2ccccc2C2(N)CCCCC2)c1. The number of para-hydroxylation sites is 1. The first-order valence-corrected chi connectivity index (χ1v) is 7.09. The Morgan fingerprint density at radius 3 is 2.58 bits per heavy atom. The Bertz CT molecular complexity index is 565. The summed E-state index contributed by atoms with van der Waals surface area (Å²) in [5, 5.41) is 4.43. The summed E-state index contributed by atoms with van der Waals surface area (Å²) in [7, 11) is 0. The highest BCUT2D eigenvalue weighted by Gasteiger charge is 2.31. The molecule has 1 saturated carbocycles. The number of benzene rings is 1. The molecule has 0 radical (unpaired) electrons. The number of hydrogen-bond acceptors (Lipinski definition) is 2. The van der Waals surface area contributed by atoms with Gasteiger partial charge in [0.1, 0.15) is 0 Å². The normalized spacial score (nSPS) is 18.4. The molecule has 0 saturated heterocycles. The van der Waals surface area contributed by atoms with Crippen molar-refractivity contribution in [3.05, 3.63) is 47.8 Å². The van der Waals surface area contributed by atoms with Crippen LogP contribution in [-0.2, 0) is 5.54 Å². The Labute approximate surface area is 114 Å². The van der Waals surface area contributed by atoms with Gasteiger partial charge in [-0.05, 0) is 37.0 Å². The van der Waals surface area contributed by atoms with E-state index in [1.54, 1.807) is 0 Å². The molecule has 0 spiro atoms. The van der Waals surface area contributed by atoms with Gasteiger partial charge in [0, 0.05) is 11.7 Å². The largest absolute Gasteiger partial charge is 0.321 e. The average molecular weight is 255 g/mol. The summed E-state index contributed by atoms with van der Waals surface area (Å²) in [5.74, 6) is 0. The van der Waals surface area contributed by atoms with Crippen LogP contribution in [0.4, 0.5) is 0 Å². The topological polar surface area (TPSA) is 43.8 Å². The number of hydrogen-bond donors (Lipinski definition) is 1. The van der Waals surface area contributed by atoms with Crippen molar-refractivity contribution >= 4 is 0 Å². The van der Waals surface area contributed by atoms with Crippen molar-refractivity contribution in [2.45, 2.75) is 44.6 Å². The molecule has 3 rings (SSSR count). The second kappa shape index (κ2) is 4.82. The lowest BCUT2D eigenvalue weighted by Gasteiger charge is -2.35. The van der Waals surface area contributed by atoms with Gasteiger partial charge in [0.2, 0.25) is 0 Å². The van der Waals surface area contributed by atoms with Crippen LogP contribution in [0.25, 0.3) is 5.69 Å². The van der Waals surface area contributed by atoms with Crippen LogP contribution in [-0.4, -0.2) is 9.78 Å². The number of nitrogens with zero attached hydrogens (tertiary/aromatic N) is 2. The molecule has 0 bridgehead atoms. The van der Waals surface area contributed by atoms with E-state index in [9.17, 15) is 0 Å². The van der Waals surface area contributed by atoms with Gasteiger partial charge in [-0.1, -0.05) is 37.5 Å². The second-order valence-corrected chi connectivity index (χ2v) is 5.70.